The van der Waals surface area contributed by atoms with Gasteiger partial charge < -0.3 is 25.8 Å². The summed E-state index contributed by atoms with van der Waals surface area (Å²) in [6.07, 6.45) is 11.5. The molecule has 1 aliphatic carbocycles. The third-order valence-corrected chi connectivity index (χ3v) is 7.98. The van der Waals surface area contributed by atoms with E-state index in [1.165, 1.54) is 25.6 Å². The van der Waals surface area contributed by atoms with E-state index in [0.29, 0.717) is 22.8 Å². The van der Waals surface area contributed by atoms with Gasteiger partial charge in [0.1, 0.15) is 5.69 Å². The van der Waals surface area contributed by atoms with Gasteiger partial charge in [-0.3, -0.25) is 14.4 Å². The predicted molar refractivity (Wildman–Crippen MR) is 148 cm³/mol. The van der Waals surface area contributed by atoms with Crippen LogP contribution in [0.1, 0.15) is 70.9 Å². The summed E-state index contributed by atoms with van der Waals surface area (Å²) in [5, 5.41) is 9.35. The summed E-state index contributed by atoms with van der Waals surface area (Å²) in [5.41, 5.74) is 0.689. The number of rotatable bonds is 9. The Morgan fingerprint density at radius 2 is 1.84 bits per heavy atom. The zero-order valence-corrected chi connectivity index (χ0v) is 22.6. The van der Waals surface area contributed by atoms with Gasteiger partial charge in [0.2, 0.25) is 0 Å². The third kappa shape index (κ3) is 6.52. The van der Waals surface area contributed by atoms with E-state index < -0.39 is 5.91 Å². The first-order chi connectivity index (χ1) is 18.3. The number of H-pyrrole nitrogens is 1. The van der Waals surface area contributed by atoms with Crippen LogP contribution in [0.15, 0.2) is 53.9 Å². The van der Waals surface area contributed by atoms with Gasteiger partial charge in [-0.2, -0.15) is 0 Å². The number of nitrogens with one attached hydrogen (secondary N) is 4. The topological polar surface area (TPSA) is 119 Å². The van der Waals surface area contributed by atoms with Crippen molar-refractivity contribution in [2.24, 2.45) is 5.41 Å². The largest absolute Gasteiger partial charge is 0.349 e. The van der Waals surface area contributed by atoms with Gasteiger partial charge >= 0.3 is 0 Å². The number of halogens is 1. The standard InChI is InChI=1S/C28H35ClN6O3/c1-19(28(2)13-5-4-8-22(28)29)33-25(36)20-9-11-21(12-10-20)34-27(38)24-23(31-18-32-24)26(37)30-14-17-35-15-6-3-7-16-35/h4-5,8-12,18-19H,3,6-7,13-17H2,1-2H3,(H,30,37)(H,31,32)(H,33,36)(H,34,38). The molecular weight excluding hydrogens is 504 g/mol. The summed E-state index contributed by atoms with van der Waals surface area (Å²) < 4.78 is 0. The van der Waals surface area contributed by atoms with Gasteiger partial charge in [0.15, 0.2) is 5.69 Å². The quantitative estimate of drug-likeness (QED) is 0.383. The van der Waals surface area contributed by atoms with E-state index in [9.17, 15) is 14.4 Å². The fraction of sp³-hybridized carbons (Fsp3) is 0.429. The molecule has 1 aromatic heterocycles. The van der Waals surface area contributed by atoms with Gasteiger partial charge in [-0.15, -0.1) is 0 Å². The summed E-state index contributed by atoms with van der Waals surface area (Å²) in [7, 11) is 0. The lowest BCUT2D eigenvalue weighted by Crippen LogP contribution is -2.45. The molecule has 2 unspecified atom stereocenters. The highest BCUT2D eigenvalue weighted by molar-refractivity contribution is 6.30. The molecule has 0 radical (unpaired) electrons. The number of carbonyl (C=O) groups excluding carboxylic acids is 3. The molecule has 4 rings (SSSR count). The second-order valence-electron chi connectivity index (χ2n) is 10.1. The fourth-order valence-electron chi connectivity index (χ4n) is 4.71. The fourth-order valence-corrected chi connectivity index (χ4v) is 5.02. The van der Waals surface area contributed by atoms with Crippen LogP contribution in [0.4, 0.5) is 5.69 Å². The molecule has 9 nitrogen and oxygen atoms in total. The Balaban J connectivity index is 1.30. The number of hydrogen-bond acceptors (Lipinski definition) is 5. The van der Waals surface area contributed by atoms with Crippen molar-refractivity contribution in [3.05, 3.63) is 70.8 Å². The molecule has 10 heteroatoms. The Morgan fingerprint density at radius 1 is 1.11 bits per heavy atom. The van der Waals surface area contributed by atoms with Crippen molar-refractivity contribution in [2.45, 2.75) is 45.6 Å². The SMILES string of the molecule is CC(NC(=O)c1ccc(NC(=O)c2nc[nH]c2C(=O)NCCN2CCCCC2)cc1)C1(C)CC=CC=C1Cl. The van der Waals surface area contributed by atoms with Crippen LogP contribution in [-0.4, -0.2) is 64.8 Å². The van der Waals surface area contributed by atoms with Crippen molar-refractivity contribution in [1.29, 1.82) is 0 Å². The second kappa shape index (κ2) is 12.4. The minimum absolute atomic E-state index is 0.0100. The Morgan fingerprint density at radius 3 is 2.55 bits per heavy atom. The van der Waals surface area contributed by atoms with Crippen LogP contribution >= 0.6 is 11.6 Å². The second-order valence-corrected chi connectivity index (χ2v) is 10.5. The number of likely N-dealkylation sites (tertiary alicyclic amines) is 1. The van der Waals surface area contributed by atoms with Gasteiger partial charge in [0.05, 0.1) is 6.33 Å². The normalized spacial score (nSPS) is 20.3. The van der Waals surface area contributed by atoms with Gasteiger partial charge in [0, 0.05) is 40.8 Å². The van der Waals surface area contributed by atoms with Crippen LogP contribution in [0, 0.1) is 5.41 Å². The highest BCUT2D eigenvalue weighted by Gasteiger charge is 2.35. The molecule has 4 N–H and O–H groups in total. The van der Waals surface area contributed by atoms with Crippen LogP contribution in [-0.2, 0) is 0 Å². The molecule has 2 atom stereocenters. The maximum Gasteiger partial charge on any atom is 0.276 e. The van der Waals surface area contributed by atoms with Crippen LogP contribution in [0.25, 0.3) is 0 Å². The molecule has 38 heavy (non-hydrogen) atoms. The third-order valence-electron chi connectivity index (χ3n) is 7.42. The van der Waals surface area contributed by atoms with Crippen LogP contribution < -0.4 is 16.0 Å². The first kappa shape index (κ1) is 27.6. The summed E-state index contributed by atoms with van der Waals surface area (Å²) in [5.74, 6) is -1.12. The zero-order chi connectivity index (χ0) is 27.1. The maximum atomic E-state index is 12.8. The molecule has 2 heterocycles. The highest BCUT2D eigenvalue weighted by atomic mass is 35.5. The number of hydrogen-bond donors (Lipinski definition) is 4. The molecule has 0 spiro atoms. The molecule has 2 aromatic rings. The Bertz CT molecular complexity index is 1220. The number of allylic oxidation sites excluding steroid dienone is 3. The lowest BCUT2D eigenvalue weighted by molar-refractivity contribution is 0.0910. The van der Waals surface area contributed by atoms with E-state index in [2.05, 4.69) is 30.8 Å². The number of aromatic nitrogens is 2. The van der Waals surface area contributed by atoms with E-state index in [1.54, 1.807) is 24.3 Å². The molecular formula is C28H35ClN6O3. The highest BCUT2D eigenvalue weighted by Crippen LogP contribution is 2.40. The molecule has 2 aliphatic rings. The lowest BCUT2D eigenvalue weighted by atomic mass is 9.77. The van der Waals surface area contributed by atoms with E-state index in [0.717, 1.165) is 26.1 Å². The van der Waals surface area contributed by atoms with Crippen molar-refractivity contribution in [2.75, 3.05) is 31.5 Å². The number of benzene rings is 1. The number of nitrogens with zero attached hydrogens (tertiary/aromatic N) is 2. The average molecular weight is 539 g/mol. The van der Waals surface area contributed by atoms with Gasteiger partial charge in [-0.05, 0) is 69.6 Å². The van der Waals surface area contributed by atoms with E-state index >= 15 is 0 Å². The van der Waals surface area contributed by atoms with Gasteiger partial charge in [-0.25, -0.2) is 4.98 Å². The molecule has 202 valence electrons. The van der Waals surface area contributed by atoms with E-state index in [-0.39, 0.29) is 34.7 Å². The minimum atomic E-state index is -0.516. The molecule has 0 bridgehead atoms. The smallest absolute Gasteiger partial charge is 0.276 e. The van der Waals surface area contributed by atoms with Crippen LogP contribution in [0.5, 0.6) is 0 Å². The monoisotopic (exact) mass is 538 g/mol. The lowest BCUT2D eigenvalue weighted by Gasteiger charge is -2.36. The number of aromatic amines is 1. The predicted octanol–water partition coefficient (Wildman–Crippen LogP) is 4.08. The molecule has 1 aromatic carbocycles. The van der Waals surface area contributed by atoms with Gasteiger partial charge in [-0.1, -0.05) is 37.1 Å². The van der Waals surface area contributed by atoms with Crippen molar-refractivity contribution in [1.82, 2.24) is 25.5 Å². The molecule has 3 amide bonds. The number of anilines is 1. The molecule has 0 saturated carbocycles. The Kier molecular flexibility index (Phi) is 9.01. The zero-order valence-electron chi connectivity index (χ0n) is 21.9. The number of imidazole rings is 1. The first-order valence-corrected chi connectivity index (χ1v) is 13.4. The van der Waals surface area contributed by atoms with E-state index in [1.807, 2.05) is 32.1 Å². The summed E-state index contributed by atoms with van der Waals surface area (Å²) >= 11 is 6.43. The van der Waals surface area contributed by atoms with Crippen molar-refractivity contribution in [3.63, 3.8) is 0 Å². The van der Waals surface area contributed by atoms with Crippen molar-refractivity contribution in [3.8, 4) is 0 Å². The molecule has 1 saturated heterocycles. The summed E-state index contributed by atoms with van der Waals surface area (Å²) in [4.78, 5) is 47.5. The molecule has 1 fully saturated rings. The Hall–Kier alpha value is -3.43. The maximum absolute atomic E-state index is 12.8. The summed E-state index contributed by atoms with van der Waals surface area (Å²) in [6.45, 7) is 7.34. The summed E-state index contributed by atoms with van der Waals surface area (Å²) in [6, 6.07) is 6.36. The number of amides is 3. The first-order valence-electron chi connectivity index (χ1n) is 13.1. The van der Waals surface area contributed by atoms with Crippen molar-refractivity contribution >= 4 is 35.0 Å². The Labute approximate surface area is 228 Å². The van der Waals surface area contributed by atoms with Crippen LogP contribution in [0.3, 0.4) is 0 Å². The van der Waals surface area contributed by atoms with Crippen molar-refractivity contribution < 1.29 is 14.4 Å². The minimum Gasteiger partial charge on any atom is -0.349 e. The average Bonchev–Trinajstić information content (AvgIpc) is 3.42. The van der Waals surface area contributed by atoms with E-state index in [4.69, 9.17) is 11.6 Å². The molecule has 1 aliphatic heterocycles. The van der Waals surface area contributed by atoms with Gasteiger partial charge in [0.25, 0.3) is 17.7 Å². The number of piperidine rings is 1. The number of carbonyl (C=O) groups is 3. The van der Waals surface area contributed by atoms with Crippen LogP contribution in [0.2, 0.25) is 0 Å².